The molecule has 0 aliphatic carbocycles. The van der Waals surface area contributed by atoms with Gasteiger partial charge in [0.05, 0.1) is 20.3 Å². The van der Waals surface area contributed by atoms with Crippen LogP contribution in [0.3, 0.4) is 0 Å². The zero-order valence-electron chi connectivity index (χ0n) is 17.0. The molecule has 6 heteroatoms. The number of rotatable bonds is 7. The van der Waals surface area contributed by atoms with Crippen LogP contribution in [-0.2, 0) is 7.05 Å². The van der Waals surface area contributed by atoms with Gasteiger partial charge in [0.2, 0.25) is 0 Å². The summed E-state index contributed by atoms with van der Waals surface area (Å²) in [5.41, 5.74) is 2.75. The Morgan fingerprint density at radius 2 is 1.71 bits per heavy atom. The second-order valence-electron chi connectivity index (χ2n) is 6.94. The first-order valence-electron chi connectivity index (χ1n) is 9.17. The lowest BCUT2D eigenvalue weighted by Gasteiger charge is -2.25. The lowest BCUT2D eigenvalue weighted by Crippen LogP contribution is -2.34. The largest absolute Gasteiger partial charge is 0.496 e. The molecule has 28 heavy (non-hydrogen) atoms. The molecule has 0 saturated carbocycles. The number of benzene rings is 2. The van der Waals surface area contributed by atoms with Gasteiger partial charge in [0.25, 0.3) is 5.91 Å². The van der Waals surface area contributed by atoms with E-state index in [0.717, 1.165) is 0 Å². The average Bonchev–Trinajstić information content (AvgIpc) is 3.03. The zero-order chi connectivity index (χ0) is 20.3. The van der Waals surface area contributed by atoms with Gasteiger partial charge in [-0.15, -0.1) is 0 Å². The van der Waals surface area contributed by atoms with Crippen LogP contribution in [0, 0.1) is 0 Å². The first-order chi connectivity index (χ1) is 13.5. The Kier molecular flexibility index (Phi) is 5.90. The monoisotopic (exact) mass is 381 g/mol. The number of carbonyl (C=O) groups excluding carboxylic acids is 1. The van der Waals surface area contributed by atoms with Gasteiger partial charge >= 0.3 is 0 Å². The summed E-state index contributed by atoms with van der Waals surface area (Å²) in [6.45, 7) is 0.459. The number of carbonyl (C=O) groups is 1. The quantitative estimate of drug-likeness (QED) is 0.683. The van der Waals surface area contributed by atoms with Crippen LogP contribution in [0.2, 0.25) is 0 Å². The third kappa shape index (κ3) is 3.68. The summed E-state index contributed by atoms with van der Waals surface area (Å²) < 4.78 is 12.8. The molecule has 0 spiro atoms. The third-order valence-electron chi connectivity index (χ3n) is 5.02. The SMILES string of the molecule is COc1cccc(OC)c1C(=O)NCC(c1cn(C)c2ccccc12)N(C)C. The van der Waals surface area contributed by atoms with Crippen LogP contribution in [0.4, 0.5) is 0 Å². The second kappa shape index (κ2) is 8.35. The fourth-order valence-corrected chi connectivity index (χ4v) is 3.56. The molecule has 1 aromatic heterocycles. The highest BCUT2D eigenvalue weighted by Gasteiger charge is 2.23. The molecule has 0 bridgehead atoms. The fourth-order valence-electron chi connectivity index (χ4n) is 3.56. The molecule has 3 aromatic rings. The maximum Gasteiger partial charge on any atom is 0.258 e. The summed E-state index contributed by atoms with van der Waals surface area (Å²) in [7, 11) is 9.16. The van der Waals surface area contributed by atoms with Crippen LogP contribution < -0.4 is 14.8 Å². The molecule has 2 aromatic carbocycles. The van der Waals surface area contributed by atoms with Crippen molar-refractivity contribution in [2.75, 3.05) is 34.9 Å². The van der Waals surface area contributed by atoms with E-state index in [9.17, 15) is 4.79 Å². The Labute approximate surface area is 165 Å². The average molecular weight is 381 g/mol. The van der Waals surface area contributed by atoms with Crippen molar-refractivity contribution in [2.45, 2.75) is 6.04 Å². The normalized spacial score (nSPS) is 12.2. The van der Waals surface area contributed by atoms with E-state index >= 15 is 0 Å². The predicted octanol–water partition coefficient (Wildman–Crippen LogP) is 3.23. The number of aryl methyl sites for hydroxylation is 1. The van der Waals surface area contributed by atoms with Gasteiger partial charge in [-0.3, -0.25) is 4.79 Å². The molecular formula is C22H27N3O3. The molecule has 0 saturated heterocycles. The van der Waals surface area contributed by atoms with Gasteiger partial charge in [0.1, 0.15) is 17.1 Å². The molecule has 0 radical (unpaired) electrons. The van der Waals surface area contributed by atoms with E-state index in [4.69, 9.17) is 9.47 Å². The molecule has 0 aliphatic heterocycles. The topological polar surface area (TPSA) is 55.7 Å². The summed E-state index contributed by atoms with van der Waals surface area (Å²) in [5, 5.41) is 4.24. The van der Waals surface area contributed by atoms with E-state index in [0.29, 0.717) is 23.6 Å². The number of nitrogens with one attached hydrogen (secondary N) is 1. The maximum absolute atomic E-state index is 12.9. The third-order valence-corrected chi connectivity index (χ3v) is 5.02. The highest BCUT2D eigenvalue weighted by Crippen LogP contribution is 2.30. The van der Waals surface area contributed by atoms with E-state index in [2.05, 4.69) is 33.1 Å². The Bertz CT molecular complexity index is 956. The number of hydrogen-bond acceptors (Lipinski definition) is 4. The molecule has 1 amide bonds. The van der Waals surface area contributed by atoms with Gasteiger partial charge in [-0.1, -0.05) is 24.3 Å². The van der Waals surface area contributed by atoms with Gasteiger partial charge in [0, 0.05) is 30.7 Å². The van der Waals surface area contributed by atoms with Crippen LogP contribution in [0.1, 0.15) is 22.0 Å². The van der Waals surface area contributed by atoms with Crippen molar-refractivity contribution in [3.05, 3.63) is 59.8 Å². The molecule has 0 fully saturated rings. The number of hydrogen-bond donors (Lipinski definition) is 1. The molecule has 1 atom stereocenters. The standard InChI is InChI=1S/C22H27N3O3/c1-24(2)18(16-14-25(3)17-10-7-6-9-15(16)17)13-23-22(26)21-19(27-4)11-8-12-20(21)28-5/h6-12,14,18H,13H2,1-5H3,(H,23,26). The highest BCUT2D eigenvalue weighted by atomic mass is 16.5. The minimum atomic E-state index is -0.221. The Morgan fingerprint density at radius 1 is 1.07 bits per heavy atom. The molecule has 0 aliphatic rings. The van der Waals surface area contributed by atoms with Crippen molar-refractivity contribution >= 4 is 16.8 Å². The number of ether oxygens (including phenoxy) is 2. The van der Waals surface area contributed by atoms with Crippen molar-refractivity contribution in [2.24, 2.45) is 7.05 Å². The summed E-state index contributed by atoms with van der Waals surface area (Å²) in [5.74, 6) is 0.758. The lowest BCUT2D eigenvalue weighted by molar-refractivity contribution is 0.0935. The maximum atomic E-state index is 12.9. The Balaban J connectivity index is 1.88. The van der Waals surface area contributed by atoms with Crippen molar-refractivity contribution in [3.8, 4) is 11.5 Å². The van der Waals surface area contributed by atoms with E-state index in [1.165, 1.54) is 16.5 Å². The number of aromatic nitrogens is 1. The van der Waals surface area contributed by atoms with Crippen LogP contribution >= 0.6 is 0 Å². The minimum absolute atomic E-state index is 0.0238. The number of amides is 1. The van der Waals surface area contributed by atoms with Crippen LogP contribution in [0.15, 0.2) is 48.7 Å². The van der Waals surface area contributed by atoms with Gasteiger partial charge in [-0.25, -0.2) is 0 Å². The summed E-state index contributed by atoms with van der Waals surface area (Å²) in [4.78, 5) is 15.0. The number of fused-ring (bicyclic) bond motifs is 1. The minimum Gasteiger partial charge on any atom is -0.496 e. The van der Waals surface area contributed by atoms with Crippen LogP contribution in [0.5, 0.6) is 11.5 Å². The second-order valence-corrected chi connectivity index (χ2v) is 6.94. The van der Waals surface area contributed by atoms with E-state index < -0.39 is 0 Å². The highest BCUT2D eigenvalue weighted by molar-refractivity contribution is 5.99. The molecule has 6 nitrogen and oxygen atoms in total. The molecule has 1 unspecified atom stereocenters. The van der Waals surface area contributed by atoms with E-state index in [1.54, 1.807) is 32.4 Å². The van der Waals surface area contributed by atoms with Crippen molar-refractivity contribution in [3.63, 3.8) is 0 Å². The predicted molar refractivity (Wildman–Crippen MR) is 111 cm³/mol. The summed E-state index contributed by atoms with van der Waals surface area (Å²) in [6, 6.07) is 13.6. The molecule has 1 N–H and O–H groups in total. The number of likely N-dealkylation sites (N-methyl/N-ethyl adjacent to an activating group) is 1. The van der Waals surface area contributed by atoms with Gasteiger partial charge in [0.15, 0.2) is 0 Å². The van der Waals surface area contributed by atoms with Gasteiger partial charge in [-0.2, -0.15) is 0 Å². The fraction of sp³-hybridized carbons (Fsp3) is 0.318. The molecule has 3 rings (SSSR count). The van der Waals surface area contributed by atoms with E-state index in [-0.39, 0.29) is 11.9 Å². The number of para-hydroxylation sites is 1. The first-order valence-corrected chi connectivity index (χ1v) is 9.17. The smallest absolute Gasteiger partial charge is 0.258 e. The zero-order valence-corrected chi connectivity index (χ0v) is 17.0. The molecule has 1 heterocycles. The van der Waals surface area contributed by atoms with Crippen molar-refractivity contribution in [1.29, 1.82) is 0 Å². The van der Waals surface area contributed by atoms with Crippen LogP contribution in [-0.4, -0.2) is 50.2 Å². The summed E-state index contributed by atoms with van der Waals surface area (Å²) >= 11 is 0. The van der Waals surface area contributed by atoms with E-state index in [1.807, 2.05) is 33.3 Å². The van der Waals surface area contributed by atoms with Gasteiger partial charge < -0.3 is 24.3 Å². The molecule has 148 valence electrons. The van der Waals surface area contributed by atoms with Crippen molar-refractivity contribution < 1.29 is 14.3 Å². The van der Waals surface area contributed by atoms with Crippen molar-refractivity contribution in [1.82, 2.24) is 14.8 Å². The summed E-state index contributed by atoms with van der Waals surface area (Å²) in [6.07, 6.45) is 2.13. The lowest BCUT2D eigenvalue weighted by atomic mass is 10.0. The first kappa shape index (κ1) is 19.8. The van der Waals surface area contributed by atoms with Crippen LogP contribution in [0.25, 0.3) is 10.9 Å². The Morgan fingerprint density at radius 3 is 2.32 bits per heavy atom. The van der Waals surface area contributed by atoms with Gasteiger partial charge in [-0.05, 0) is 37.9 Å². The Hall–Kier alpha value is -2.99. The molecular weight excluding hydrogens is 354 g/mol. The number of methoxy groups -OCH3 is 2. The number of nitrogens with zero attached hydrogens (tertiary/aromatic N) is 2.